The van der Waals surface area contributed by atoms with Gasteiger partial charge in [-0.3, -0.25) is 0 Å². The SMILES string of the molecule is CC(C)(C)c1ccc(-c2cc(-n3c4ccccc4c4ccccc43)c3ccc4ccc(-n5c6ccccc6c6ccccc65)c5ccc2c3c45)cc1. The largest absolute Gasteiger partial charge is 0.309 e. The van der Waals surface area contributed by atoms with Gasteiger partial charge in [0.15, 0.2) is 0 Å². The third-order valence-electron chi connectivity index (χ3n) is 11.4. The first-order valence-corrected chi connectivity index (χ1v) is 18.3. The van der Waals surface area contributed by atoms with Gasteiger partial charge in [0.05, 0.1) is 33.4 Å². The monoisotopic (exact) mass is 664 g/mol. The molecule has 2 aromatic heterocycles. The summed E-state index contributed by atoms with van der Waals surface area (Å²) in [5, 5.41) is 12.8. The van der Waals surface area contributed by atoms with Crippen molar-refractivity contribution in [2.45, 2.75) is 26.2 Å². The molecule has 0 spiro atoms. The molecule has 0 aliphatic heterocycles. The van der Waals surface area contributed by atoms with Crippen molar-refractivity contribution in [3.8, 4) is 22.5 Å². The van der Waals surface area contributed by atoms with E-state index in [-0.39, 0.29) is 5.41 Å². The van der Waals surface area contributed by atoms with Gasteiger partial charge in [-0.15, -0.1) is 0 Å². The van der Waals surface area contributed by atoms with E-state index in [1.54, 1.807) is 0 Å². The quantitative estimate of drug-likeness (QED) is 0.166. The summed E-state index contributed by atoms with van der Waals surface area (Å²) < 4.78 is 4.97. The molecular weight excluding hydrogens is 629 g/mol. The Morgan fingerprint density at radius 3 is 1.35 bits per heavy atom. The molecule has 0 aliphatic carbocycles. The minimum atomic E-state index is 0.0819. The first kappa shape index (κ1) is 29.4. The predicted molar refractivity (Wildman–Crippen MR) is 223 cm³/mol. The van der Waals surface area contributed by atoms with E-state index >= 15 is 0 Å². The van der Waals surface area contributed by atoms with Crippen molar-refractivity contribution in [3.05, 3.63) is 169 Å². The third-order valence-corrected chi connectivity index (χ3v) is 11.4. The smallest absolute Gasteiger partial charge is 0.0547 e. The van der Waals surface area contributed by atoms with Crippen LogP contribution in [-0.4, -0.2) is 9.13 Å². The van der Waals surface area contributed by atoms with Crippen molar-refractivity contribution in [2.75, 3.05) is 0 Å². The van der Waals surface area contributed by atoms with Crippen molar-refractivity contribution in [1.82, 2.24) is 9.13 Å². The van der Waals surface area contributed by atoms with Gasteiger partial charge in [-0.25, -0.2) is 0 Å². The summed E-state index contributed by atoms with van der Waals surface area (Å²) in [6, 6.07) is 61.1. The zero-order valence-corrected chi connectivity index (χ0v) is 29.5. The second-order valence-corrected chi connectivity index (χ2v) is 15.3. The molecule has 11 aromatic rings. The minimum Gasteiger partial charge on any atom is -0.309 e. The van der Waals surface area contributed by atoms with Gasteiger partial charge in [-0.1, -0.05) is 148 Å². The van der Waals surface area contributed by atoms with Gasteiger partial charge >= 0.3 is 0 Å². The molecule has 9 aromatic carbocycles. The van der Waals surface area contributed by atoms with Crippen LogP contribution < -0.4 is 0 Å². The summed E-state index contributed by atoms with van der Waals surface area (Å²) >= 11 is 0. The molecule has 246 valence electrons. The molecule has 11 rings (SSSR count). The van der Waals surface area contributed by atoms with Crippen LogP contribution in [0, 0.1) is 0 Å². The lowest BCUT2D eigenvalue weighted by Crippen LogP contribution is -2.10. The number of aromatic nitrogens is 2. The molecule has 0 fully saturated rings. The molecule has 52 heavy (non-hydrogen) atoms. The first-order chi connectivity index (χ1) is 25.5. The Bertz CT molecular complexity index is 3090. The fourth-order valence-corrected chi connectivity index (χ4v) is 9.00. The zero-order valence-electron chi connectivity index (χ0n) is 29.5. The van der Waals surface area contributed by atoms with Crippen LogP contribution in [-0.2, 0) is 5.41 Å². The van der Waals surface area contributed by atoms with E-state index in [1.807, 2.05) is 0 Å². The molecule has 0 amide bonds. The van der Waals surface area contributed by atoms with Crippen LogP contribution in [0.1, 0.15) is 26.3 Å². The fourth-order valence-electron chi connectivity index (χ4n) is 9.00. The molecule has 0 bridgehead atoms. The van der Waals surface area contributed by atoms with E-state index in [2.05, 4.69) is 194 Å². The van der Waals surface area contributed by atoms with Crippen LogP contribution in [0.25, 0.3) is 98.4 Å². The topological polar surface area (TPSA) is 9.86 Å². The number of hydrogen-bond acceptors (Lipinski definition) is 0. The maximum atomic E-state index is 2.50. The van der Waals surface area contributed by atoms with E-state index in [4.69, 9.17) is 0 Å². The Balaban J connectivity index is 1.30. The number of nitrogens with zero attached hydrogens (tertiary/aromatic N) is 2. The lowest BCUT2D eigenvalue weighted by Gasteiger charge is -2.22. The summed E-state index contributed by atoms with van der Waals surface area (Å²) in [7, 11) is 0. The van der Waals surface area contributed by atoms with Gasteiger partial charge < -0.3 is 9.13 Å². The van der Waals surface area contributed by atoms with Crippen molar-refractivity contribution in [1.29, 1.82) is 0 Å². The lowest BCUT2D eigenvalue weighted by atomic mass is 9.85. The number of para-hydroxylation sites is 4. The maximum absolute atomic E-state index is 2.50. The number of rotatable bonds is 3. The van der Waals surface area contributed by atoms with Gasteiger partial charge in [0.1, 0.15) is 0 Å². The Kier molecular flexibility index (Phi) is 5.97. The number of fused-ring (bicyclic) bond motifs is 6. The van der Waals surface area contributed by atoms with Gasteiger partial charge in [-0.2, -0.15) is 0 Å². The van der Waals surface area contributed by atoms with Crippen molar-refractivity contribution >= 4 is 75.9 Å². The number of hydrogen-bond donors (Lipinski definition) is 0. The van der Waals surface area contributed by atoms with E-state index in [0.29, 0.717) is 0 Å². The fraction of sp³-hybridized carbons (Fsp3) is 0.0800. The average molecular weight is 665 g/mol. The van der Waals surface area contributed by atoms with Crippen LogP contribution >= 0.6 is 0 Å². The van der Waals surface area contributed by atoms with Crippen LogP contribution in [0.15, 0.2) is 164 Å². The standard InChI is InChI=1S/C50H36N2/c1-50(2,3)33-24-20-31(21-25-33)41-30-47(52-44-18-10-6-14-36(44)37-15-7-11-19-45(37)52)40-26-22-32-23-29-46(39-28-27-38(41)49(40)48(32)39)51-42-16-8-4-12-34(42)35-13-5-9-17-43(35)51/h4-30H,1-3H3. The molecule has 0 radical (unpaired) electrons. The summed E-state index contributed by atoms with van der Waals surface area (Å²) in [6.45, 7) is 6.86. The Hall–Kier alpha value is -6.38. The summed E-state index contributed by atoms with van der Waals surface area (Å²) in [4.78, 5) is 0. The molecule has 0 saturated heterocycles. The lowest BCUT2D eigenvalue weighted by molar-refractivity contribution is 0.590. The van der Waals surface area contributed by atoms with Crippen LogP contribution in [0.4, 0.5) is 0 Å². The molecule has 0 saturated carbocycles. The summed E-state index contributed by atoms with van der Waals surface area (Å²) in [5.41, 5.74) is 11.2. The minimum absolute atomic E-state index is 0.0819. The highest BCUT2D eigenvalue weighted by atomic mass is 15.0. The second kappa shape index (κ2) is 10.6. The molecule has 2 nitrogen and oxygen atoms in total. The van der Waals surface area contributed by atoms with Gasteiger partial charge in [0.25, 0.3) is 0 Å². The highest BCUT2D eigenvalue weighted by Gasteiger charge is 2.22. The average Bonchev–Trinajstić information content (AvgIpc) is 3.69. The van der Waals surface area contributed by atoms with Gasteiger partial charge in [-0.05, 0) is 74.7 Å². The number of benzene rings is 9. The molecule has 2 heteroatoms. The maximum Gasteiger partial charge on any atom is 0.0547 e. The molecule has 0 aliphatic rings. The first-order valence-electron chi connectivity index (χ1n) is 18.3. The van der Waals surface area contributed by atoms with E-state index in [0.717, 1.165) is 0 Å². The van der Waals surface area contributed by atoms with Crippen LogP contribution in [0.2, 0.25) is 0 Å². The Labute approximate surface area is 302 Å². The van der Waals surface area contributed by atoms with Crippen LogP contribution in [0.5, 0.6) is 0 Å². The molecule has 0 atom stereocenters. The van der Waals surface area contributed by atoms with Gasteiger partial charge in [0.2, 0.25) is 0 Å². The highest BCUT2D eigenvalue weighted by Crippen LogP contribution is 2.46. The van der Waals surface area contributed by atoms with Crippen molar-refractivity contribution in [2.24, 2.45) is 0 Å². The third kappa shape index (κ3) is 4.01. The van der Waals surface area contributed by atoms with Gasteiger partial charge in [0, 0.05) is 37.7 Å². The van der Waals surface area contributed by atoms with E-state index in [1.165, 1.54) is 104 Å². The zero-order chi connectivity index (χ0) is 34.7. The molecule has 0 N–H and O–H groups in total. The Morgan fingerprint density at radius 1 is 0.365 bits per heavy atom. The van der Waals surface area contributed by atoms with Crippen molar-refractivity contribution in [3.63, 3.8) is 0 Å². The van der Waals surface area contributed by atoms with Crippen molar-refractivity contribution < 1.29 is 0 Å². The molecule has 2 heterocycles. The second-order valence-electron chi connectivity index (χ2n) is 15.3. The Morgan fingerprint density at radius 2 is 0.808 bits per heavy atom. The summed E-state index contributed by atoms with van der Waals surface area (Å²) in [6.07, 6.45) is 0. The van der Waals surface area contributed by atoms with Crippen LogP contribution in [0.3, 0.4) is 0 Å². The normalized spacial score (nSPS) is 12.5. The summed E-state index contributed by atoms with van der Waals surface area (Å²) in [5.74, 6) is 0. The highest BCUT2D eigenvalue weighted by molar-refractivity contribution is 6.29. The van der Waals surface area contributed by atoms with E-state index < -0.39 is 0 Å². The predicted octanol–water partition coefficient (Wildman–Crippen LogP) is 13.7. The van der Waals surface area contributed by atoms with E-state index in [9.17, 15) is 0 Å². The molecule has 0 unspecified atom stereocenters. The molecular formula is C50H36N2.